The van der Waals surface area contributed by atoms with E-state index in [1.54, 1.807) is 20.8 Å². The van der Waals surface area contributed by atoms with Crippen molar-refractivity contribution in [1.82, 2.24) is 10.6 Å². The van der Waals surface area contributed by atoms with Gasteiger partial charge < -0.3 is 26.2 Å². The molecule has 0 aliphatic rings. The molecule has 1 unspecified atom stereocenters. The normalized spacial score (nSPS) is 13.3. The molecule has 0 heterocycles. The summed E-state index contributed by atoms with van der Waals surface area (Å²) in [6.45, 7) is 7.29. The van der Waals surface area contributed by atoms with E-state index in [-0.39, 0.29) is 12.6 Å². The molecule has 0 aliphatic carbocycles. The Morgan fingerprint density at radius 2 is 2.12 bits per heavy atom. The number of nitrogens with one attached hydrogen (secondary N) is 2. The average Bonchev–Trinajstić information content (AvgIpc) is 2.13. The molecular formula is C10H24N3O3+. The molecule has 0 aromatic heterocycles. The van der Waals surface area contributed by atoms with E-state index < -0.39 is 11.7 Å². The number of carbonyl (C=O) groups excluding carboxylic acids is 1. The molecule has 0 radical (unpaired) electrons. The van der Waals surface area contributed by atoms with Gasteiger partial charge >= 0.3 is 6.09 Å². The Hall–Kier alpha value is -0.850. The zero-order chi connectivity index (χ0) is 12.6. The number of hydrogen-bond donors (Lipinski definition) is 4. The van der Waals surface area contributed by atoms with Gasteiger partial charge in [0.05, 0.1) is 19.2 Å². The number of alkyl carbamates (subject to hydrolysis) is 1. The van der Waals surface area contributed by atoms with Crippen molar-refractivity contribution in [2.24, 2.45) is 0 Å². The third-order valence-electron chi connectivity index (χ3n) is 1.69. The fourth-order valence-electron chi connectivity index (χ4n) is 1.04. The van der Waals surface area contributed by atoms with Crippen LogP contribution >= 0.6 is 0 Å². The minimum atomic E-state index is -0.523. The summed E-state index contributed by atoms with van der Waals surface area (Å²) >= 11 is 0. The summed E-state index contributed by atoms with van der Waals surface area (Å²) in [7, 11) is 0. The van der Waals surface area contributed by atoms with Gasteiger partial charge in [0.1, 0.15) is 5.60 Å². The summed E-state index contributed by atoms with van der Waals surface area (Å²) in [5, 5.41) is 14.7. The van der Waals surface area contributed by atoms with E-state index in [0.717, 1.165) is 13.1 Å². The quantitative estimate of drug-likeness (QED) is 0.429. The fourth-order valence-corrected chi connectivity index (χ4v) is 1.04. The summed E-state index contributed by atoms with van der Waals surface area (Å²) in [5.41, 5.74) is 3.16. The number of quaternary nitrogens is 1. The molecule has 6 N–H and O–H groups in total. The Kier molecular flexibility index (Phi) is 7.03. The Bertz CT molecular complexity index is 204. The van der Waals surface area contributed by atoms with Gasteiger partial charge in [-0.1, -0.05) is 0 Å². The standard InChI is InChI=1S/C10H23N3O3/c1-10(2,3)16-9(15)13-8(7-14)6-12-5-4-11/h8,12,14H,4-7,11H2,1-3H3,(H,13,15)/p+1. The maximum Gasteiger partial charge on any atom is 0.407 e. The molecule has 6 nitrogen and oxygen atoms in total. The number of aliphatic hydroxyl groups excluding tert-OH is 1. The van der Waals surface area contributed by atoms with Crippen LogP contribution in [0.15, 0.2) is 0 Å². The SMILES string of the molecule is CC(C)(C)OC(=O)NC(CO)CNCC[NH3+]. The molecule has 0 aromatic carbocycles. The third-order valence-corrected chi connectivity index (χ3v) is 1.69. The van der Waals surface area contributed by atoms with E-state index in [4.69, 9.17) is 9.84 Å². The third kappa shape index (κ3) is 8.46. The maximum absolute atomic E-state index is 11.4. The zero-order valence-corrected chi connectivity index (χ0v) is 10.4. The van der Waals surface area contributed by atoms with Crippen molar-refractivity contribution >= 4 is 6.09 Å². The van der Waals surface area contributed by atoms with E-state index in [9.17, 15) is 4.79 Å². The largest absolute Gasteiger partial charge is 0.444 e. The highest BCUT2D eigenvalue weighted by Gasteiger charge is 2.18. The van der Waals surface area contributed by atoms with Crippen LogP contribution in [0.5, 0.6) is 0 Å². The minimum absolute atomic E-state index is 0.122. The number of amides is 1. The first-order chi connectivity index (χ1) is 7.39. The number of rotatable bonds is 6. The molecule has 6 heteroatoms. The highest BCUT2D eigenvalue weighted by molar-refractivity contribution is 5.68. The molecule has 0 bridgehead atoms. The molecule has 0 aliphatic heterocycles. The molecule has 0 rings (SSSR count). The Labute approximate surface area is 96.5 Å². The molecule has 1 atom stereocenters. The van der Waals surface area contributed by atoms with Gasteiger partial charge in [-0.2, -0.15) is 0 Å². The Balaban J connectivity index is 3.88. The summed E-state index contributed by atoms with van der Waals surface area (Å²) in [5.74, 6) is 0. The van der Waals surface area contributed by atoms with Gasteiger partial charge in [0.25, 0.3) is 0 Å². The first-order valence-corrected chi connectivity index (χ1v) is 5.49. The number of carbonyl (C=O) groups is 1. The van der Waals surface area contributed by atoms with Crippen LogP contribution in [0.4, 0.5) is 4.79 Å². The summed E-state index contributed by atoms with van der Waals surface area (Å²) in [6, 6.07) is -0.332. The minimum Gasteiger partial charge on any atom is -0.444 e. The van der Waals surface area contributed by atoms with Gasteiger partial charge in [0.2, 0.25) is 0 Å². The predicted octanol–water partition coefficient (Wildman–Crippen LogP) is -1.30. The molecule has 0 saturated carbocycles. The zero-order valence-electron chi connectivity index (χ0n) is 10.4. The van der Waals surface area contributed by atoms with Crippen molar-refractivity contribution < 1.29 is 20.4 Å². The summed E-state index contributed by atoms with van der Waals surface area (Å²) in [4.78, 5) is 11.4. The first-order valence-electron chi connectivity index (χ1n) is 5.49. The summed E-state index contributed by atoms with van der Waals surface area (Å²) < 4.78 is 5.08. The van der Waals surface area contributed by atoms with Crippen molar-refractivity contribution in [1.29, 1.82) is 0 Å². The lowest BCUT2D eigenvalue weighted by molar-refractivity contribution is -0.365. The molecular weight excluding hydrogens is 210 g/mol. The molecule has 96 valence electrons. The van der Waals surface area contributed by atoms with Gasteiger partial charge in [-0.05, 0) is 20.8 Å². The Morgan fingerprint density at radius 3 is 2.56 bits per heavy atom. The lowest BCUT2D eigenvalue weighted by Gasteiger charge is -2.22. The second-order valence-corrected chi connectivity index (χ2v) is 4.58. The maximum atomic E-state index is 11.4. The van der Waals surface area contributed by atoms with Gasteiger partial charge in [0.15, 0.2) is 0 Å². The van der Waals surface area contributed by atoms with E-state index in [1.807, 2.05) is 0 Å². The highest BCUT2D eigenvalue weighted by atomic mass is 16.6. The van der Waals surface area contributed by atoms with Crippen LogP contribution in [0.1, 0.15) is 20.8 Å². The smallest absolute Gasteiger partial charge is 0.407 e. The number of ether oxygens (including phenoxy) is 1. The van der Waals surface area contributed by atoms with Crippen molar-refractivity contribution in [3.05, 3.63) is 0 Å². The van der Waals surface area contributed by atoms with Crippen molar-refractivity contribution in [3.8, 4) is 0 Å². The van der Waals surface area contributed by atoms with E-state index >= 15 is 0 Å². The molecule has 16 heavy (non-hydrogen) atoms. The van der Waals surface area contributed by atoms with E-state index in [2.05, 4.69) is 16.4 Å². The van der Waals surface area contributed by atoms with Crippen molar-refractivity contribution in [3.63, 3.8) is 0 Å². The molecule has 0 aromatic rings. The highest BCUT2D eigenvalue weighted by Crippen LogP contribution is 2.06. The van der Waals surface area contributed by atoms with Gasteiger partial charge in [-0.15, -0.1) is 0 Å². The van der Waals surface area contributed by atoms with Gasteiger partial charge in [-0.3, -0.25) is 0 Å². The van der Waals surface area contributed by atoms with Gasteiger partial charge in [-0.25, -0.2) is 4.79 Å². The molecule has 0 saturated heterocycles. The number of aliphatic hydroxyl groups is 1. The van der Waals surface area contributed by atoms with Crippen LogP contribution in [0.2, 0.25) is 0 Å². The summed E-state index contributed by atoms with van der Waals surface area (Å²) in [6.07, 6.45) is -0.511. The predicted molar refractivity (Wildman–Crippen MR) is 60.9 cm³/mol. The monoisotopic (exact) mass is 234 g/mol. The Morgan fingerprint density at radius 1 is 1.50 bits per heavy atom. The van der Waals surface area contributed by atoms with Crippen LogP contribution in [-0.2, 0) is 4.74 Å². The second kappa shape index (κ2) is 7.43. The average molecular weight is 234 g/mol. The van der Waals surface area contributed by atoms with Crippen LogP contribution in [0.3, 0.4) is 0 Å². The lowest BCUT2D eigenvalue weighted by Crippen LogP contribution is -2.55. The van der Waals surface area contributed by atoms with Crippen LogP contribution < -0.4 is 16.4 Å². The lowest BCUT2D eigenvalue weighted by atomic mass is 10.2. The van der Waals surface area contributed by atoms with Crippen LogP contribution in [0.25, 0.3) is 0 Å². The topological polar surface area (TPSA) is 98.2 Å². The van der Waals surface area contributed by atoms with E-state index in [1.165, 1.54) is 0 Å². The molecule has 0 fully saturated rings. The second-order valence-electron chi connectivity index (χ2n) is 4.58. The number of hydrogen-bond acceptors (Lipinski definition) is 4. The molecule has 0 spiro atoms. The molecule has 1 amide bonds. The van der Waals surface area contributed by atoms with Crippen LogP contribution in [0, 0.1) is 0 Å². The first kappa shape index (κ1) is 15.2. The van der Waals surface area contributed by atoms with E-state index in [0.29, 0.717) is 6.54 Å². The van der Waals surface area contributed by atoms with Crippen LogP contribution in [-0.4, -0.2) is 49.1 Å². The van der Waals surface area contributed by atoms with Crippen molar-refractivity contribution in [2.45, 2.75) is 32.4 Å². The van der Waals surface area contributed by atoms with Crippen molar-refractivity contribution in [2.75, 3.05) is 26.2 Å². The fraction of sp³-hybridized carbons (Fsp3) is 0.900. The van der Waals surface area contributed by atoms with Gasteiger partial charge in [0, 0.05) is 13.1 Å².